The molecule has 0 aromatic carbocycles. The third kappa shape index (κ3) is 8.97. The van der Waals surface area contributed by atoms with Gasteiger partial charge in [-0.25, -0.2) is 0 Å². The van der Waals surface area contributed by atoms with E-state index in [1.807, 2.05) is 0 Å². The van der Waals surface area contributed by atoms with E-state index in [9.17, 15) is 0 Å². The van der Waals surface area contributed by atoms with Gasteiger partial charge in [-0.05, 0) is 44.2 Å². The Morgan fingerprint density at radius 2 is 1.89 bits per heavy atom. The maximum absolute atomic E-state index is 3.51. The highest BCUT2D eigenvalue weighted by atomic mass is 14.8. The van der Waals surface area contributed by atoms with Crippen molar-refractivity contribution in [2.75, 3.05) is 13.1 Å². The molecule has 0 spiro atoms. The zero-order chi connectivity index (χ0) is 12.3. The zero-order valence-electron chi connectivity index (χ0n) is 12.1. The van der Waals surface area contributed by atoms with Gasteiger partial charge in [0.25, 0.3) is 0 Å². The monoisotopic (exact) mass is 255 g/mol. The summed E-state index contributed by atoms with van der Waals surface area (Å²) in [5, 5.41) is 3.51. The Morgan fingerprint density at radius 1 is 1.06 bits per heavy atom. The van der Waals surface area contributed by atoms with Crippen LogP contribution >= 0.6 is 0 Å². The fourth-order valence-corrected chi connectivity index (χ4v) is 3.12. The molecule has 1 fully saturated rings. The number of nitrogens with one attached hydrogen (secondary N) is 1. The molecule has 1 heteroatoms. The van der Waals surface area contributed by atoms with Crippen LogP contribution < -0.4 is 5.32 Å². The first kappa shape index (κ1) is 18.0. The lowest BCUT2D eigenvalue weighted by Gasteiger charge is -2.14. The van der Waals surface area contributed by atoms with Crippen LogP contribution in [-0.4, -0.2) is 13.1 Å². The smallest absolute Gasteiger partial charge is 0.00463 e. The molecule has 1 nitrogen and oxygen atoms in total. The van der Waals surface area contributed by atoms with E-state index in [2.05, 4.69) is 19.2 Å². The predicted octanol–water partition coefficient (Wildman–Crippen LogP) is 5.40. The van der Waals surface area contributed by atoms with Crippen LogP contribution in [0.1, 0.15) is 85.5 Å². The van der Waals surface area contributed by atoms with E-state index in [4.69, 9.17) is 0 Å². The summed E-state index contributed by atoms with van der Waals surface area (Å²) in [6.45, 7) is 7.24. The molecule has 18 heavy (non-hydrogen) atoms. The van der Waals surface area contributed by atoms with Gasteiger partial charge in [-0.3, -0.25) is 0 Å². The standard InChI is InChI=1S/C16H33N.CH4/c1-3-8-15(2)9-5-4-6-10-16-11-7-13-17-14-12-16;/h15-17H,3-14H2,1-2H3;1H4. The SMILES string of the molecule is C.CCCC(C)CCCCCC1CCCNCC1. The van der Waals surface area contributed by atoms with E-state index in [0.717, 1.165) is 11.8 Å². The van der Waals surface area contributed by atoms with Gasteiger partial charge in [0.1, 0.15) is 0 Å². The minimum Gasteiger partial charge on any atom is -0.317 e. The van der Waals surface area contributed by atoms with Crippen LogP contribution in [0.2, 0.25) is 0 Å². The van der Waals surface area contributed by atoms with Gasteiger partial charge in [0.2, 0.25) is 0 Å². The third-order valence-corrected chi connectivity index (χ3v) is 4.29. The lowest BCUT2D eigenvalue weighted by atomic mass is 9.92. The van der Waals surface area contributed by atoms with Crippen molar-refractivity contribution in [2.45, 2.75) is 85.5 Å². The molecule has 0 aliphatic carbocycles. The third-order valence-electron chi connectivity index (χ3n) is 4.29. The van der Waals surface area contributed by atoms with Gasteiger partial charge < -0.3 is 5.32 Å². The van der Waals surface area contributed by atoms with Crippen molar-refractivity contribution in [1.29, 1.82) is 0 Å². The van der Waals surface area contributed by atoms with Crippen molar-refractivity contribution in [1.82, 2.24) is 5.32 Å². The molecular formula is C17H37N. The molecule has 1 N–H and O–H groups in total. The van der Waals surface area contributed by atoms with Crippen molar-refractivity contribution in [3.63, 3.8) is 0 Å². The van der Waals surface area contributed by atoms with Crippen molar-refractivity contribution in [2.24, 2.45) is 11.8 Å². The van der Waals surface area contributed by atoms with Crippen LogP contribution in [0.3, 0.4) is 0 Å². The Bertz CT molecular complexity index is 159. The van der Waals surface area contributed by atoms with Gasteiger partial charge in [-0.15, -0.1) is 0 Å². The number of unbranched alkanes of at least 4 members (excludes halogenated alkanes) is 2. The van der Waals surface area contributed by atoms with E-state index < -0.39 is 0 Å². The summed E-state index contributed by atoms with van der Waals surface area (Å²) >= 11 is 0. The Hall–Kier alpha value is -0.0400. The molecule has 1 saturated heterocycles. The first-order valence-corrected chi connectivity index (χ1v) is 8.03. The van der Waals surface area contributed by atoms with Gasteiger partial charge >= 0.3 is 0 Å². The molecular weight excluding hydrogens is 218 g/mol. The average Bonchev–Trinajstić information content (AvgIpc) is 2.57. The highest BCUT2D eigenvalue weighted by Gasteiger charge is 2.11. The molecule has 0 aromatic heterocycles. The van der Waals surface area contributed by atoms with Crippen LogP contribution in [0.25, 0.3) is 0 Å². The summed E-state index contributed by atoms with van der Waals surface area (Å²) in [6, 6.07) is 0. The second kappa shape index (κ2) is 12.0. The van der Waals surface area contributed by atoms with Gasteiger partial charge in [0.05, 0.1) is 0 Å². The van der Waals surface area contributed by atoms with Gasteiger partial charge in [0, 0.05) is 0 Å². The first-order chi connectivity index (χ1) is 8.33. The Labute approximate surface area is 116 Å². The van der Waals surface area contributed by atoms with Crippen LogP contribution in [0.15, 0.2) is 0 Å². The molecule has 0 aromatic rings. The molecule has 110 valence electrons. The Balaban J connectivity index is 0.00000289. The highest BCUT2D eigenvalue weighted by Crippen LogP contribution is 2.22. The Morgan fingerprint density at radius 3 is 2.67 bits per heavy atom. The summed E-state index contributed by atoms with van der Waals surface area (Å²) in [5.74, 6) is 1.99. The molecule has 1 aliphatic rings. The van der Waals surface area contributed by atoms with Gasteiger partial charge in [0.15, 0.2) is 0 Å². The fraction of sp³-hybridized carbons (Fsp3) is 1.00. The molecule has 0 radical (unpaired) electrons. The summed E-state index contributed by atoms with van der Waals surface area (Å²) in [5.41, 5.74) is 0. The number of hydrogen-bond donors (Lipinski definition) is 1. The molecule has 0 amide bonds. The van der Waals surface area contributed by atoms with Crippen molar-refractivity contribution in [3.05, 3.63) is 0 Å². The number of rotatable bonds is 8. The molecule has 1 heterocycles. The zero-order valence-corrected chi connectivity index (χ0v) is 12.1. The van der Waals surface area contributed by atoms with Crippen LogP contribution in [0, 0.1) is 11.8 Å². The maximum atomic E-state index is 3.51. The van der Waals surface area contributed by atoms with E-state index in [-0.39, 0.29) is 7.43 Å². The first-order valence-electron chi connectivity index (χ1n) is 8.03. The minimum atomic E-state index is 0. The van der Waals surface area contributed by atoms with Crippen LogP contribution in [0.5, 0.6) is 0 Å². The van der Waals surface area contributed by atoms with Gasteiger partial charge in [-0.2, -0.15) is 0 Å². The average molecular weight is 255 g/mol. The van der Waals surface area contributed by atoms with Crippen LogP contribution in [-0.2, 0) is 0 Å². The van der Waals surface area contributed by atoms with Crippen molar-refractivity contribution in [3.8, 4) is 0 Å². The lowest BCUT2D eigenvalue weighted by Crippen LogP contribution is -2.14. The normalized spacial score (nSPS) is 22.0. The number of hydrogen-bond acceptors (Lipinski definition) is 1. The molecule has 0 saturated carbocycles. The van der Waals surface area contributed by atoms with Gasteiger partial charge in [-0.1, -0.05) is 66.2 Å². The van der Waals surface area contributed by atoms with Crippen LogP contribution in [0.4, 0.5) is 0 Å². The van der Waals surface area contributed by atoms with Crippen molar-refractivity contribution >= 4 is 0 Å². The maximum Gasteiger partial charge on any atom is -0.00463 e. The topological polar surface area (TPSA) is 12.0 Å². The summed E-state index contributed by atoms with van der Waals surface area (Å²) < 4.78 is 0. The van der Waals surface area contributed by atoms with E-state index in [1.165, 1.54) is 77.3 Å². The second-order valence-electron chi connectivity index (χ2n) is 6.08. The second-order valence-corrected chi connectivity index (χ2v) is 6.08. The molecule has 2 atom stereocenters. The van der Waals surface area contributed by atoms with Crippen molar-refractivity contribution < 1.29 is 0 Å². The molecule has 2 unspecified atom stereocenters. The summed E-state index contributed by atoms with van der Waals surface area (Å²) in [7, 11) is 0. The Kier molecular flexibility index (Phi) is 12.0. The fourth-order valence-electron chi connectivity index (χ4n) is 3.12. The minimum absolute atomic E-state index is 0. The molecule has 0 bridgehead atoms. The van der Waals surface area contributed by atoms with E-state index >= 15 is 0 Å². The summed E-state index contributed by atoms with van der Waals surface area (Å²) in [6.07, 6.45) is 14.4. The molecule has 1 aliphatic heterocycles. The largest absolute Gasteiger partial charge is 0.317 e. The highest BCUT2D eigenvalue weighted by molar-refractivity contribution is 4.67. The lowest BCUT2D eigenvalue weighted by molar-refractivity contribution is 0.400. The van der Waals surface area contributed by atoms with E-state index in [0.29, 0.717) is 0 Å². The molecule has 1 rings (SSSR count). The quantitative estimate of drug-likeness (QED) is 0.573. The van der Waals surface area contributed by atoms with E-state index in [1.54, 1.807) is 0 Å². The predicted molar refractivity (Wildman–Crippen MR) is 84.1 cm³/mol. The summed E-state index contributed by atoms with van der Waals surface area (Å²) in [4.78, 5) is 0.